The fraction of sp³-hybridized carbons (Fsp3) is 0.278. The molecule has 0 atom stereocenters. The lowest BCUT2D eigenvalue weighted by atomic mass is 9.98. The summed E-state index contributed by atoms with van der Waals surface area (Å²) in [7, 11) is 0. The minimum absolute atomic E-state index is 0.0348. The highest BCUT2D eigenvalue weighted by Crippen LogP contribution is 2.31. The van der Waals surface area contributed by atoms with Crippen molar-refractivity contribution in [1.29, 1.82) is 0 Å². The zero-order valence-electron chi connectivity index (χ0n) is 12.6. The average Bonchev–Trinajstić information content (AvgIpc) is 2.60. The maximum Gasteiger partial charge on any atom is 0.193 e. The van der Waals surface area contributed by atoms with Crippen molar-refractivity contribution in [3.8, 4) is 0 Å². The third-order valence-corrected chi connectivity index (χ3v) is 4.81. The van der Waals surface area contributed by atoms with Crippen LogP contribution in [0.2, 0.25) is 10.0 Å². The van der Waals surface area contributed by atoms with Crippen LogP contribution in [0.15, 0.2) is 42.5 Å². The van der Waals surface area contributed by atoms with Crippen LogP contribution in [0.25, 0.3) is 0 Å². The van der Waals surface area contributed by atoms with Gasteiger partial charge in [0.05, 0.1) is 23.3 Å². The number of morpholine rings is 1. The lowest BCUT2D eigenvalue weighted by Gasteiger charge is -2.27. The maximum atomic E-state index is 12.8. The molecule has 0 amide bonds. The van der Waals surface area contributed by atoms with Gasteiger partial charge in [0.2, 0.25) is 0 Å². The predicted molar refractivity (Wildman–Crippen MR) is 92.4 cm³/mol. The van der Waals surface area contributed by atoms with Gasteiger partial charge in [0.1, 0.15) is 0 Å². The molecule has 2 aromatic rings. The number of benzene rings is 2. The van der Waals surface area contributed by atoms with Crippen molar-refractivity contribution in [3.63, 3.8) is 0 Å². The molecule has 1 saturated heterocycles. The average molecular weight is 350 g/mol. The van der Waals surface area contributed by atoms with Gasteiger partial charge < -0.3 is 4.74 Å². The molecule has 0 aromatic heterocycles. The second-order valence-corrected chi connectivity index (χ2v) is 6.26. The summed E-state index contributed by atoms with van der Waals surface area (Å²) in [4.78, 5) is 15.1. The van der Waals surface area contributed by atoms with Crippen LogP contribution in [0.4, 0.5) is 0 Å². The number of nitrogens with zero attached hydrogens (tertiary/aromatic N) is 1. The van der Waals surface area contributed by atoms with Gasteiger partial charge >= 0.3 is 0 Å². The SMILES string of the molecule is O=C(c1ccccc1)c1ccc(Cl)c(Cl)c1CN1CCOCC1. The Morgan fingerprint density at radius 3 is 2.43 bits per heavy atom. The number of ether oxygens (including phenoxy) is 1. The molecule has 0 saturated carbocycles. The number of rotatable bonds is 4. The summed E-state index contributed by atoms with van der Waals surface area (Å²) in [6, 6.07) is 12.7. The smallest absolute Gasteiger partial charge is 0.193 e. The molecule has 120 valence electrons. The largest absolute Gasteiger partial charge is 0.379 e. The van der Waals surface area contributed by atoms with E-state index >= 15 is 0 Å². The monoisotopic (exact) mass is 349 g/mol. The van der Waals surface area contributed by atoms with Crippen molar-refractivity contribution in [2.45, 2.75) is 6.54 Å². The summed E-state index contributed by atoms with van der Waals surface area (Å²) in [5.74, 6) is -0.0348. The van der Waals surface area contributed by atoms with Gasteiger partial charge in [-0.1, -0.05) is 53.5 Å². The van der Waals surface area contributed by atoms with E-state index in [4.69, 9.17) is 27.9 Å². The summed E-state index contributed by atoms with van der Waals surface area (Å²) in [6.07, 6.45) is 0. The van der Waals surface area contributed by atoms with Gasteiger partial charge in [0.25, 0.3) is 0 Å². The summed E-state index contributed by atoms with van der Waals surface area (Å²) in [6.45, 7) is 3.63. The second-order valence-electron chi connectivity index (χ2n) is 5.47. The van der Waals surface area contributed by atoms with E-state index in [0.717, 1.165) is 18.7 Å². The highest BCUT2D eigenvalue weighted by Gasteiger charge is 2.21. The first-order valence-corrected chi connectivity index (χ1v) is 8.29. The van der Waals surface area contributed by atoms with E-state index in [1.807, 2.05) is 30.3 Å². The van der Waals surface area contributed by atoms with Crippen molar-refractivity contribution < 1.29 is 9.53 Å². The third-order valence-electron chi connectivity index (χ3n) is 3.96. The molecule has 0 spiro atoms. The summed E-state index contributed by atoms with van der Waals surface area (Å²) in [5.41, 5.74) is 2.04. The third kappa shape index (κ3) is 3.75. The molecule has 0 bridgehead atoms. The molecule has 0 unspecified atom stereocenters. The van der Waals surface area contributed by atoms with E-state index in [-0.39, 0.29) is 5.78 Å². The normalized spacial score (nSPS) is 15.6. The van der Waals surface area contributed by atoms with Gasteiger partial charge in [0.15, 0.2) is 5.78 Å². The molecular formula is C18H17Cl2NO2. The van der Waals surface area contributed by atoms with Crippen molar-refractivity contribution in [2.24, 2.45) is 0 Å². The van der Waals surface area contributed by atoms with Gasteiger partial charge in [-0.2, -0.15) is 0 Å². The molecule has 0 radical (unpaired) electrons. The Morgan fingerprint density at radius 1 is 1.04 bits per heavy atom. The molecule has 3 rings (SSSR count). The quantitative estimate of drug-likeness (QED) is 0.779. The van der Waals surface area contributed by atoms with E-state index in [1.165, 1.54) is 0 Å². The van der Waals surface area contributed by atoms with Crippen molar-refractivity contribution in [3.05, 3.63) is 69.2 Å². The topological polar surface area (TPSA) is 29.5 Å². The minimum atomic E-state index is -0.0348. The zero-order chi connectivity index (χ0) is 16.2. The zero-order valence-corrected chi connectivity index (χ0v) is 14.1. The molecular weight excluding hydrogens is 333 g/mol. The van der Waals surface area contributed by atoms with Crippen LogP contribution < -0.4 is 0 Å². The number of halogens is 2. The van der Waals surface area contributed by atoms with Crippen LogP contribution in [-0.4, -0.2) is 37.0 Å². The molecule has 23 heavy (non-hydrogen) atoms. The van der Waals surface area contributed by atoms with E-state index in [0.29, 0.717) is 40.9 Å². The lowest BCUT2D eigenvalue weighted by Crippen LogP contribution is -2.36. The second kappa shape index (κ2) is 7.45. The molecule has 1 heterocycles. The standard InChI is InChI=1S/C18H17Cl2NO2/c19-16-7-6-14(18(22)13-4-2-1-3-5-13)15(17(16)20)12-21-8-10-23-11-9-21/h1-7H,8-12H2. The number of hydrogen-bond acceptors (Lipinski definition) is 3. The number of carbonyl (C=O) groups is 1. The van der Waals surface area contributed by atoms with Crippen LogP contribution in [0.1, 0.15) is 21.5 Å². The Labute approximate surface area is 145 Å². The van der Waals surface area contributed by atoms with Crippen LogP contribution >= 0.6 is 23.2 Å². The number of hydrogen-bond donors (Lipinski definition) is 0. The Balaban J connectivity index is 1.96. The van der Waals surface area contributed by atoms with Gasteiger partial charge in [-0.3, -0.25) is 9.69 Å². The van der Waals surface area contributed by atoms with E-state index in [1.54, 1.807) is 12.1 Å². The summed E-state index contributed by atoms with van der Waals surface area (Å²) < 4.78 is 5.37. The van der Waals surface area contributed by atoms with Gasteiger partial charge in [-0.25, -0.2) is 0 Å². The lowest BCUT2D eigenvalue weighted by molar-refractivity contribution is 0.0341. The molecule has 3 nitrogen and oxygen atoms in total. The first-order chi connectivity index (χ1) is 11.2. The first kappa shape index (κ1) is 16.5. The van der Waals surface area contributed by atoms with Crippen LogP contribution in [0.3, 0.4) is 0 Å². The van der Waals surface area contributed by atoms with Crippen molar-refractivity contribution >= 4 is 29.0 Å². The molecule has 2 aromatic carbocycles. The molecule has 0 aliphatic carbocycles. The maximum absolute atomic E-state index is 12.8. The molecule has 1 fully saturated rings. The van der Waals surface area contributed by atoms with Crippen LogP contribution in [-0.2, 0) is 11.3 Å². The van der Waals surface area contributed by atoms with Crippen molar-refractivity contribution in [1.82, 2.24) is 4.90 Å². The number of carbonyl (C=O) groups excluding carboxylic acids is 1. The van der Waals surface area contributed by atoms with E-state index in [2.05, 4.69) is 4.90 Å². The van der Waals surface area contributed by atoms with Gasteiger partial charge in [-0.05, 0) is 17.7 Å². The molecule has 1 aliphatic rings. The highest BCUT2D eigenvalue weighted by atomic mass is 35.5. The Bertz CT molecular complexity index is 698. The Morgan fingerprint density at radius 2 is 1.74 bits per heavy atom. The summed E-state index contributed by atoms with van der Waals surface area (Å²) in [5, 5.41) is 0.930. The fourth-order valence-corrected chi connectivity index (χ4v) is 3.09. The Kier molecular flexibility index (Phi) is 5.34. The van der Waals surface area contributed by atoms with E-state index < -0.39 is 0 Å². The summed E-state index contributed by atoms with van der Waals surface area (Å²) >= 11 is 12.6. The van der Waals surface area contributed by atoms with Crippen LogP contribution in [0.5, 0.6) is 0 Å². The highest BCUT2D eigenvalue weighted by molar-refractivity contribution is 6.43. The Hall–Kier alpha value is -1.39. The molecule has 0 N–H and O–H groups in total. The van der Waals surface area contributed by atoms with E-state index in [9.17, 15) is 4.79 Å². The predicted octanol–water partition coefficient (Wildman–Crippen LogP) is 4.06. The van der Waals surface area contributed by atoms with Gasteiger partial charge in [-0.15, -0.1) is 0 Å². The first-order valence-electron chi connectivity index (χ1n) is 7.53. The molecule has 1 aliphatic heterocycles. The minimum Gasteiger partial charge on any atom is -0.379 e. The number of ketones is 1. The fourth-order valence-electron chi connectivity index (χ4n) is 2.69. The van der Waals surface area contributed by atoms with Gasteiger partial charge in [0, 0.05) is 30.8 Å². The van der Waals surface area contributed by atoms with Crippen LogP contribution in [0, 0.1) is 0 Å². The van der Waals surface area contributed by atoms with Crippen molar-refractivity contribution in [2.75, 3.05) is 26.3 Å². The molecule has 5 heteroatoms.